The lowest BCUT2D eigenvalue weighted by molar-refractivity contribution is 0.00639. The Hall–Kier alpha value is -0.120. The van der Waals surface area contributed by atoms with Crippen molar-refractivity contribution >= 4 is 0 Å². The second kappa shape index (κ2) is 5.83. The molecule has 3 nitrogen and oxygen atoms in total. The van der Waals surface area contributed by atoms with E-state index in [4.69, 9.17) is 9.84 Å². The maximum absolute atomic E-state index is 9.05. The second-order valence-corrected chi connectivity index (χ2v) is 4.92. The van der Waals surface area contributed by atoms with E-state index in [2.05, 4.69) is 4.90 Å². The molecule has 2 atom stereocenters. The Morgan fingerprint density at radius 1 is 1.27 bits per heavy atom. The Balaban J connectivity index is 1.61. The minimum absolute atomic E-state index is 0.358. The van der Waals surface area contributed by atoms with Crippen molar-refractivity contribution in [3.8, 4) is 0 Å². The van der Waals surface area contributed by atoms with Gasteiger partial charge in [-0.15, -0.1) is 0 Å². The van der Waals surface area contributed by atoms with Crippen LogP contribution >= 0.6 is 0 Å². The van der Waals surface area contributed by atoms with Gasteiger partial charge in [-0.25, -0.2) is 0 Å². The minimum Gasteiger partial charge on any atom is -0.396 e. The molecule has 0 aliphatic carbocycles. The van der Waals surface area contributed by atoms with E-state index < -0.39 is 0 Å². The van der Waals surface area contributed by atoms with Gasteiger partial charge in [-0.05, 0) is 44.6 Å². The molecule has 2 aliphatic heterocycles. The lowest BCUT2D eigenvalue weighted by atomic mass is 10.1. The van der Waals surface area contributed by atoms with Gasteiger partial charge in [-0.2, -0.15) is 0 Å². The van der Waals surface area contributed by atoms with Crippen LogP contribution in [-0.2, 0) is 4.74 Å². The van der Waals surface area contributed by atoms with Crippen molar-refractivity contribution in [2.45, 2.75) is 38.2 Å². The zero-order valence-electron chi connectivity index (χ0n) is 9.53. The molecule has 0 amide bonds. The van der Waals surface area contributed by atoms with Crippen LogP contribution in [0.25, 0.3) is 0 Å². The van der Waals surface area contributed by atoms with E-state index in [1.165, 1.54) is 32.1 Å². The first-order chi connectivity index (χ1) is 7.38. The molecular weight excluding hydrogens is 190 g/mol. The quantitative estimate of drug-likeness (QED) is 0.763. The number of ether oxygens (including phenoxy) is 1. The monoisotopic (exact) mass is 213 g/mol. The van der Waals surface area contributed by atoms with E-state index in [1.807, 2.05) is 0 Å². The molecule has 2 fully saturated rings. The van der Waals surface area contributed by atoms with E-state index in [9.17, 15) is 0 Å². The molecule has 15 heavy (non-hydrogen) atoms. The summed E-state index contributed by atoms with van der Waals surface area (Å²) in [7, 11) is 0. The van der Waals surface area contributed by atoms with Gasteiger partial charge >= 0.3 is 0 Å². The van der Waals surface area contributed by atoms with Crippen LogP contribution in [0.15, 0.2) is 0 Å². The summed E-state index contributed by atoms with van der Waals surface area (Å²) in [5, 5.41) is 9.05. The van der Waals surface area contributed by atoms with Gasteiger partial charge in [0.2, 0.25) is 0 Å². The summed E-state index contributed by atoms with van der Waals surface area (Å²) >= 11 is 0. The Labute approximate surface area is 92.4 Å². The fraction of sp³-hybridized carbons (Fsp3) is 1.00. The van der Waals surface area contributed by atoms with Crippen molar-refractivity contribution in [1.29, 1.82) is 0 Å². The van der Waals surface area contributed by atoms with Crippen molar-refractivity contribution < 1.29 is 9.84 Å². The van der Waals surface area contributed by atoms with Crippen LogP contribution in [0.3, 0.4) is 0 Å². The van der Waals surface area contributed by atoms with Gasteiger partial charge in [0, 0.05) is 26.3 Å². The molecular formula is C12H23NO2. The van der Waals surface area contributed by atoms with Gasteiger partial charge in [-0.1, -0.05) is 0 Å². The molecule has 2 aliphatic rings. The van der Waals surface area contributed by atoms with Crippen molar-refractivity contribution in [3.05, 3.63) is 0 Å². The zero-order chi connectivity index (χ0) is 10.5. The zero-order valence-corrected chi connectivity index (χ0v) is 9.53. The standard InChI is InChI=1S/C12H23NO2/c14-10-11-4-6-13(9-11)7-5-12-3-1-2-8-15-12/h11-12,14H,1-10H2. The average molecular weight is 213 g/mol. The van der Waals surface area contributed by atoms with E-state index in [-0.39, 0.29) is 0 Å². The van der Waals surface area contributed by atoms with Crippen molar-refractivity contribution in [3.63, 3.8) is 0 Å². The SMILES string of the molecule is OCC1CCN(CCC2CCCCO2)C1. The van der Waals surface area contributed by atoms with Crippen LogP contribution in [0, 0.1) is 5.92 Å². The Morgan fingerprint density at radius 3 is 2.87 bits per heavy atom. The summed E-state index contributed by atoms with van der Waals surface area (Å²) in [6, 6.07) is 0. The molecule has 2 saturated heterocycles. The molecule has 1 N–H and O–H groups in total. The van der Waals surface area contributed by atoms with E-state index in [0.717, 1.165) is 26.2 Å². The second-order valence-electron chi connectivity index (χ2n) is 4.92. The third-order valence-electron chi connectivity index (χ3n) is 3.67. The van der Waals surface area contributed by atoms with Gasteiger partial charge in [0.05, 0.1) is 6.10 Å². The van der Waals surface area contributed by atoms with Gasteiger partial charge in [-0.3, -0.25) is 0 Å². The topological polar surface area (TPSA) is 32.7 Å². The summed E-state index contributed by atoms with van der Waals surface area (Å²) in [5.74, 6) is 0.525. The van der Waals surface area contributed by atoms with Crippen molar-refractivity contribution in [2.75, 3.05) is 32.8 Å². The first kappa shape index (κ1) is 11.4. The maximum Gasteiger partial charge on any atom is 0.0587 e. The molecule has 0 aromatic heterocycles. The normalized spacial score (nSPS) is 33.4. The Bertz CT molecular complexity index is 180. The molecule has 88 valence electrons. The predicted molar refractivity (Wildman–Crippen MR) is 59.8 cm³/mol. The number of hydrogen-bond donors (Lipinski definition) is 1. The number of aliphatic hydroxyl groups excluding tert-OH is 1. The number of rotatable bonds is 4. The number of likely N-dealkylation sites (tertiary alicyclic amines) is 1. The molecule has 0 radical (unpaired) electrons. The van der Waals surface area contributed by atoms with Gasteiger partial charge in [0.25, 0.3) is 0 Å². The van der Waals surface area contributed by atoms with Gasteiger partial charge in [0.15, 0.2) is 0 Å². The summed E-state index contributed by atoms with van der Waals surface area (Å²) in [6.45, 7) is 4.72. The maximum atomic E-state index is 9.05. The van der Waals surface area contributed by atoms with Crippen LogP contribution in [0.2, 0.25) is 0 Å². The molecule has 3 heteroatoms. The van der Waals surface area contributed by atoms with Crippen molar-refractivity contribution in [2.24, 2.45) is 5.92 Å². The molecule has 0 saturated carbocycles. The highest BCUT2D eigenvalue weighted by Gasteiger charge is 2.22. The third-order valence-corrected chi connectivity index (χ3v) is 3.67. The Morgan fingerprint density at radius 2 is 2.20 bits per heavy atom. The summed E-state index contributed by atoms with van der Waals surface area (Å²) < 4.78 is 5.71. The van der Waals surface area contributed by atoms with Crippen LogP contribution in [-0.4, -0.2) is 49.0 Å². The number of aliphatic hydroxyl groups is 1. The van der Waals surface area contributed by atoms with Crippen molar-refractivity contribution in [1.82, 2.24) is 4.90 Å². The fourth-order valence-electron chi connectivity index (χ4n) is 2.63. The highest BCUT2D eigenvalue weighted by Crippen LogP contribution is 2.19. The average Bonchev–Trinajstić information content (AvgIpc) is 2.76. The van der Waals surface area contributed by atoms with Crippen LogP contribution in [0.5, 0.6) is 0 Å². The lowest BCUT2D eigenvalue weighted by Crippen LogP contribution is -2.28. The third kappa shape index (κ3) is 3.44. The van der Waals surface area contributed by atoms with Crippen LogP contribution < -0.4 is 0 Å². The minimum atomic E-state index is 0.358. The molecule has 0 spiro atoms. The van der Waals surface area contributed by atoms with Crippen LogP contribution in [0.1, 0.15) is 32.1 Å². The summed E-state index contributed by atoms with van der Waals surface area (Å²) in [6.07, 6.45) is 6.68. The number of nitrogens with zero attached hydrogens (tertiary/aromatic N) is 1. The number of hydrogen-bond acceptors (Lipinski definition) is 3. The first-order valence-corrected chi connectivity index (χ1v) is 6.33. The van der Waals surface area contributed by atoms with E-state index in [0.29, 0.717) is 18.6 Å². The first-order valence-electron chi connectivity index (χ1n) is 6.33. The lowest BCUT2D eigenvalue weighted by Gasteiger charge is -2.25. The van der Waals surface area contributed by atoms with Gasteiger partial charge in [0.1, 0.15) is 0 Å². The highest BCUT2D eigenvalue weighted by molar-refractivity contribution is 4.76. The molecule has 0 aromatic carbocycles. The summed E-state index contributed by atoms with van der Waals surface area (Å²) in [5.41, 5.74) is 0. The predicted octanol–water partition coefficient (Wildman–Crippen LogP) is 1.26. The van der Waals surface area contributed by atoms with E-state index >= 15 is 0 Å². The molecule has 2 rings (SSSR count). The molecule has 2 unspecified atom stereocenters. The fourth-order valence-corrected chi connectivity index (χ4v) is 2.63. The smallest absolute Gasteiger partial charge is 0.0587 e. The summed E-state index contributed by atoms with van der Waals surface area (Å²) in [4.78, 5) is 2.47. The van der Waals surface area contributed by atoms with Gasteiger partial charge < -0.3 is 14.7 Å². The van der Waals surface area contributed by atoms with E-state index in [1.54, 1.807) is 0 Å². The van der Waals surface area contributed by atoms with Crippen LogP contribution in [0.4, 0.5) is 0 Å². The highest BCUT2D eigenvalue weighted by atomic mass is 16.5. The molecule has 2 heterocycles. The Kier molecular flexibility index (Phi) is 4.42. The molecule has 0 bridgehead atoms. The largest absolute Gasteiger partial charge is 0.396 e. The molecule has 0 aromatic rings.